The Bertz CT molecular complexity index is 841. The van der Waals surface area contributed by atoms with Crippen LogP contribution in [0, 0.1) is 6.92 Å². The van der Waals surface area contributed by atoms with Crippen molar-refractivity contribution in [1.82, 2.24) is 24.8 Å². The van der Waals surface area contributed by atoms with Crippen LogP contribution in [0.25, 0.3) is 0 Å². The highest BCUT2D eigenvalue weighted by atomic mass is 16.2. The fourth-order valence-corrected chi connectivity index (χ4v) is 3.11. The lowest BCUT2D eigenvalue weighted by Gasteiger charge is -2.26. The van der Waals surface area contributed by atoms with Gasteiger partial charge in [-0.15, -0.1) is 0 Å². The van der Waals surface area contributed by atoms with E-state index >= 15 is 0 Å². The van der Waals surface area contributed by atoms with Gasteiger partial charge in [0.25, 0.3) is 5.91 Å². The molecule has 0 aliphatic carbocycles. The van der Waals surface area contributed by atoms with Crippen LogP contribution in [0.4, 0.5) is 5.82 Å². The average Bonchev–Trinajstić information content (AvgIpc) is 2.69. The minimum absolute atomic E-state index is 0.0488. The third kappa shape index (κ3) is 5.03. The first-order valence-electron chi connectivity index (χ1n) is 9.54. The second-order valence-corrected chi connectivity index (χ2v) is 6.96. The van der Waals surface area contributed by atoms with Crippen LogP contribution < -0.4 is 5.32 Å². The summed E-state index contributed by atoms with van der Waals surface area (Å²) in [5.41, 5.74) is 2.08. The second kappa shape index (κ2) is 9.25. The molecule has 148 valence electrons. The molecular formula is C20H26N6O2. The van der Waals surface area contributed by atoms with Gasteiger partial charge in [-0.25, -0.2) is 15.0 Å². The van der Waals surface area contributed by atoms with Crippen molar-refractivity contribution in [3.63, 3.8) is 0 Å². The number of aromatic nitrogens is 3. The summed E-state index contributed by atoms with van der Waals surface area (Å²) in [7, 11) is 1.75. The number of fused-ring (bicyclic) bond motifs is 2. The molecule has 2 aromatic heterocycles. The van der Waals surface area contributed by atoms with Gasteiger partial charge in [-0.05, 0) is 38.3 Å². The summed E-state index contributed by atoms with van der Waals surface area (Å²) < 4.78 is 0. The fourth-order valence-electron chi connectivity index (χ4n) is 3.11. The quantitative estimate of drug-likeness (QED) is 0.804. The lowest BCUT2D eigenvalue weighted by Crippen LogP contribution is -2.43. The van der Waals surface area contributed by atoms with Crippen LogP contribution in [-0.4, -0.2) is 69.8 Å². The number of likely N-dealkylation sites (N-methyl/N-ethyl adjacent to an activating group) is 1. The number of nitrogens with one attached hydrogen (secondary N) is 1. The Morgan fingerprint density at radius 1 is 1.21 bits per heavy atom. The number of anilines is 1. The number of hydrogen-bond acceptors (Lipinski definition) is 6. The smallest absolute Gasteiger partial charge is 0.257 e. The van der Waals surface area contributed by atoms with Crippen molar-refractivity contribution in [2.75, 3.05) is 38.5 Å². The molecule has 0 saturated carbocycles. The van der Waals surface area contributed by atoms with Crippen LogP contribution in [0.5, 0.6) is 0 Å². The van der Waals surface area contributed by atoms with Gasteiger partial charge in [0.05, 0.1) is 11.3 Å². The van der Waals surface area contributed by atoms with E-state index in [0.29, 0.717) is 30.9 Å². The predicted octanol–water partition coefficient (Wildman–Crippen LogP) is 1.53. The molecule has 1 N–H and O–H groups in total. The number of rotatable bonds is 1. The lowest BCUT2D eigenvalue weighted by atomic mass is 10.1. The molecular weight excluding hydrogens is 356 g/mol. The summed E-state index contributed by atoms with van der Waals surface area (Å²) in [4.78, 5) is 41.6. The van der Waals surface area contributed by atoms with Gasteiger partial charge in [-0.1, -0.05) is 6.07 Å². The Labute approximate surface area is 165 Å². The molecule has 0 fully saturated rings. The third-order valence-electron chi connectivity index (χ3n) is 4.85. The van der Waals surface area contributed by atoms with Crippen LogP contribution in [0.1, 0.15) is 34.6 Å². The molecule has 0 unspecified atom stereocenters. The molecule has 3 heterocycles. The molecule has 0 spiro atoms. The zero-order valence-corrected chi connectivity index (χ0v) is 16.4. The Morgan fingerprint density at radius 2 is 2.07 bits per heavy atom. The van der Waals surface area contributed by atoms with Gasteiger partial charge >= 0.3 is 0 Å². The molecule has 0 aromatic carbocycles. The maximum atomic E-state index is 13.0. The zero-order valence-electron chi connectivity index (χ0n) is 16.4. The number of hydrogen-bond donors (Lipinski definition) is 1. The van der Waals surface area contributed by atoms with Gasteiger partial charge in [0.1, 0.15) is 18.7 Å². The van der Waals surface area contributed by atoms with Crippen LogP contribution in [-0.2, 0) is 11.2 Å². The lowest BCUT2D eigenvalue weighted by molar-refractivity contribution is -0.130. The molecule has 2 aromatic rings. The normalized spacial score (nSPS) is 16.3. The largest absolute Gasteiger partial charge is 0.368 e. The molecule has 2 bridgehead atoms. The fraction of sp³-hybridized carbons (Fsp3) is 0.450. The Hall–Kier alpha value is -3.03. The van der Waals surface area contributed by atoms with Crippen molar-refractivity contribution in [3.05, 3.63) is 47.7 Å². The van der Waals surface area contributed by atoms with E-state index in [4.69, 9.17) is 0 Å². The molecule has 8 heteroatoms. The first-order valence-corrected chi connectivity index (χ1v) is 9.54. The van der Waals surface area contributed by atoms with E-state index in [1.807, 2.05) is 18.2 Å². The summed E-state index contributed by atoms with van der Waals surface area (Å²) in [6.07, 6.45) is 5.44. The van der Waals surface area contributed by atoms with E-state index in [1.54, 1.807) is 23.8 Å². The molecule has 0 atom stereocenters. The van der Waals surface area contributed by atoms with Crippen molar-refractivity contribution >= 4 is 17.6 Å². The number of nitrogens with zero attached hydrogens (tertiary/aromatic N) is 5. The highest BCUT2D eigenvalue weighted by Crippen LogP contribution is 2.12. The van der Waals surface area contributed by atoms with Gasteiger partial charge in [0.2, 0.25) is 5.91 Å². The number of pyridine rings is 1. The maximum absolute atomic E-state index is 13.0. The van der Waals surface area contributed by atoms with E-state index in [2.05, 4.69) is 20.3 Å². The minimum Gasteiger partial charge on any atom is -0.368 e. The molecule has 3 rings (SSSR count). The van der Waals surface area contributed by atoms with Gasteiger partial charge in [0, 0.05) is 38.6 Å². The first kappa shape index (κ1) is 19.7. The number of carbonyl (C=O) groups excluding carboxylic acids is 2. The van der Waals surface area contributed by atoms with Crippen LogP contribution in [0.2, 0.25) is 0 Å². The standard InChI is InChI=1S/C20H26N6O2/c1-15-17(12-21-14-23-15)20(28)26-10-4-3-6-16-7-5-8-18(24-16)22-9-11-25(2)19(27)13-26/h5,7-8,12,14H,3-4,6,9-11,13H2,1-2H3,(H,22,24). The summed E-state index contributed by atoms with van der Waals surface area (Å²) in [5.74, 6) is 0.528. The van der Waals surface area contributed by atoms with Gasteiger partial charge in [0.15, 0.2) is 0 Å². The monoisotopic (exact) mass is 382 g/mol. The average molecular weight is 382 g/mol. The minimum atomic E-state index is -0.204. The van der Waals surface area contributed by atoms with E-state index in [-0.39, 0.29) is 18.4 Å². The van der Waals surface area contributed by atoms with Crippen molar-refractivity contribution in [3.8, 4) is 0 Å². The van der Waals surface area contributed by atoms with Gasteiger partial charge in [-0.2, -0.15) is 0 Å². The van der Waals surface area contributed by atoms with E-state index < -0.39 is 0 Å². The van der Waals surface area contributed by atoms with Crippen molar-refractivity contribution in [2.24, 2.45) is 0 Å². The number of amides is 2. The molecule has 1 aliphatic heterocycles. The summed E-state index contributed by atoms with van der Waals surface area (Å²) in [6, 6.07) is 5.93. The maximum Gasteiger partial charge on any atom is 0.257 e. The Balaban J connectivity index is 1.77. The third-order valence-corrected chi connectivity index (χ3v) is 4.85. The van der Waals surface area contributed by atoms with E-state index in [9.17, 15) is 9.59 Å². The van der Waals surface area contributed by atoms with Crippen molar-refractivity contribution < 1.29 is 9.59 Å². The summed E-state index contributed by atoms with van der Waals surface area (Å²) in [5, 5.41) is 3.25. The van der Waals surface area contributed by atoms with Crippen molar-refractivity contribution in [2.45, 2.75) is 26.2 Å². The highest BCUT2D eigenvalue weighted by molar-refractivity contribution is 5.97. The summed E-state index contributed by atoms with van der Waals surface area (Å²) in [6.45, 7) is 3.45. The van der Waals surface area contributed by atoms with Gasteiger partial charge in [-0.3, -0.25) is 9.59 Å². The second-order valence-electron chi connectivity index (χ2n) is 6.96. The summed E-state index contributed by atoms with van der Waals surface area (Å²) >= 11 is 0. The SMILES string of the molecule is Cc1ncncc1C(=O)N1CCCCc2cccc(n2)NCCN(C)C(=O)C1. The van der Waals surface area contributed by atoms with E-state index in [0.717, 1.165) is 30.8 Å². The van der Waals surface area contributed by atoms with Crippen LogP contribution in [0.15, 0.2) is 30.7 Å². The predicted molar refractivity (Wildman–Crippen MR) is 106 cm³/mol. The number of carbonyl (C=O) groups is 2. The molecule has 2 amide bonds. The molecule has 1 aliphatic rings. The Kier molecular flexibility index (Phi) is 6.52. The Morgan fingerprint density at radius 3 is 2.89 bits per heavy atom. The van der Waals surface area contributed by atoms with Gasteiger partial charge < -0.3 is 15.1 Å². The molecule has 8 nitrogen and oxygen atoms in total. The topological polar surface area (TPSA) is 91.3 Å². The zero-order chi connectivity index (χ0) is 19.9. The molecule has 0 radical (unpaired) electrons. The molecule has 0 saturated heterocycles. The van der Waals surface area contributed by atoms with Crippen LogP contribution in [0.3, 0.4) is 0 Å². The van der Waals surface area contributed by atoms with Crippen LogP contribution >= 0.6 is 0 Å². The van der Waals surface area contributed by atoms with Crippen molar-refractivity contribution in [1.29, 1.82) is 0 Å². The number of aryl methyl sites for hydroxylation is 2. The highest BCUT2D eigenvalue weighted by Gasteiger charge is 2.22. The molecule has 28 heavy (non-hydrogen) atoms. The first-order chi connectivity index (χ1) is 13.5. The van der Waals surface area contributed by atoms with E-state index in [1.165, 1.54) is 12.5 Å².